The summed E-state index contributed by atoms with van der Waals surface area (Å²) in [6.45, 7) is 5.38. The van der Waals surface area contributed by atoms with Crippen LogP contribution in [-0.4, -0.2) is 12.8 Å². The zero-order valence-electron chi connectivity index (χ0n) is 24.9. The fraction of sp³-hybridized carbons (Fsp3) is 0.639. The van der Waals surface area contributed by atoms with Crippen molar-refractivity contribution >= 4 is 11.9 Å². The Labute approximate surface area is 235 Å². The number of aliphatic imine (C=N–C) groups is 1. The van der Waals surface area contributed by atoms with E-state index in [0.29, 0.717) is 0 Å². The van der Waals surface area contributed by atoms with Crippen LogP contribution in [0.2, 0.25) is 0 Å². The molecule has 2 rings (SSSR count). The van der Waals surface area contributed by atoms with E-state index < -0.39 is 0 Å². The summed E-state index contributed by atoms with van der Waals surface area (Å²) < 4.78 is 5.95. The molecule has 0 aliphatic heterocycles. The third-order valence-corrected chi connectivity index (χ3v) is 7.51. The highest BCUT2D eigenvalue weighted by Gasteiger charge is 1.98. The Morgan fingerprint density at radius 2 is 1.00 bits per heavy atom. The Bertz CT molecular complexity index is 808. The van der Waals surface area contributed by atoms with Gasteiger partial charge >= 0.3 is 0 Å². The minimum Gasteiger partial charge on any atom is -0.494 e. The van der Waals surface area contributed by atoms with Crippen LogP contribution in [0.1, 0.15) is 147 Å². The average molecular weight is 520 g/mol. The molecule has 2 aromatic rings. The van der Waals surface area contributed by atoms with E-state index >= 15 is 0 Å². The SMILES string of the molecule is CCCCCCCCCCCCCCCOc1ccc(C=Nc2ccc(CCCCCCCC)cc2)cc1. The lowest BCUT2D eigenvalue weighted by molar-refractivity contribution is 0.304. The van der Waals surface area contributed by atoms with Crippen molar-refractivity contribution in [1.29, 1.82) is 0 Å². The van der Waals surface area contributed by atoms with E-state index in [1.54, 1.807) is 0 Å². The van der Waals surface area contributed by atoms with Gasteiger partial charge in [0.15, 0.2) is 0 Å². The van der Waals surface area contributed by atoms with Crippen LogP contribution in [0.5, 0.6) is 5.75 Å². The first kappa shape index (κ1) is 32.1. The summed E-state index contributed by atoms with van der Waals surface area (Å²) in [7, 11) is 0. The second kappa shape index (κ2) is 22.9. The first-order chi connectivity index (χ1) is 18.8. The van der Waals surface area contributed by atoms with E-state index in [1.165, 1.54) is 128 Å². The van der Waals surface area contributed by atoms with Crippen molar-refractivity contribution in [2.75, 3.05) is 6.61 Å². The number of aryl methyl sites for hydroxylation is 1. The molecule has 2 nitrogen and oxygen atoms in total. The van der Waals surface area contributed by atoms with Crippen molar-refractivity contribution in [2.24, 2.45) is 4.99 Å². The molecule has 0 bridgehead atoms. The lowest BCUT2D eigenvalue weighted by Crippen LogP contribution is -1.97. The van der Waals surface area contributed by atoms with Crippen molar-refractivity contribution in [3.63, 3.8) is 0 Å². The minimum atomic E-state index is 0.816. The average Bonchev–Trinajstić information content (AvgIpc) is 2.95. The number of hydrogen-bond acceptors (Lipinski definition) is 2. The molecule has 0 aliphatic carbocycles. The molecule has 38 heavy (non-hydrogen) atoms. The summed E-state index contributed by atoms with van der Waals surface area (Å²) in [6, 6.07) is 17.0. The number of rotatable bonds is 24. The van der Waals surface area contributed by atoms with Crippen molar-refractivity contribution in [2.45, 2.75) is 142 Å². The van der Waals surface area contributed by atoms with Crippen molar-refractivity contribution in [3.8, 4) is 5.75 Å². The monoisotopic (exact) mass is 519 g/mol. The molecule has 0 unspecified atom stereocenters. The molecule has 0 atom stereocenters. The number of ether oxygens (including phenoxy) is 1. The molecule has 0 aromatic heterocycles. The molecule has 0 radical (unpaired) electrons. The van der Waals surface area contributed by atoms with Gasteiger partial charge in [0.25, 0.3) is 0 Å². The summed E-state index contributed by atoms with van der Waals surface area (Å²) >= 11 is 0. The Morgan fingerprint density at radius 1 is 0.526 bits per heavy atom. The Balaban J connectivity index is 1.49. The highest BCUT2D eigenvalue weighted by atomic mass is 16.5. The number of hydrogen-bond donors (Lipinski definition) is 0. The Morgan fingerprint density at radius 3 is 1.53 bits per heavy atom. The lowest BCUT2D eigenvalue weighted by Gasteiger charge is -2.06. The van der Waals surface area contributed by atoms with Gasteiger partial charge in [-0.3, -0.25) is 4.99 Å². The fourth-order valence-electron chi connectivity index (χ4n) is 4.97. The first-order valence-electron chi connectivity index (χ1n) is 16.2. The summed E-state index contributed by atoms with van der Waals surface area (Å²) in [6.07, 6.45) is 29.1. The van der Waals surface area contributed by atoms with E-state index in [9.17, 15) is 0 Å². The van der Waals surface area contributed by atoms with Gasteiger partial charge in [-0.1, -0.05) is 135 Å². The summed E-state index contributed by atoms with van der Waals surface area (Å²) in [5.74, 6) is 0.958. The highest BCUT2D eigenvalue weighted by Crippen LogP contribution is 2.18. The summed E-state index contributed by atoms with van der Waals surface area (Å²) in [4.78, 5) is 4.65. The maximum atomic E-state index is 5.95. The van der Waals surface area contributed by atoms with E-state index in [0.717, 1.165) is 30.0 Å². The predicted octanol–water partition coefficient (Wildman–Crippen LogP) is 11.8. The van der Waals surface area contributed by atoms with Crippen LogP contribution >= 0.6 is 0 Å². The van der Waals surface area contributed by atoms with Gasteiger partial charge in [0.05, 0.1) is 12.3 Å². The molecule has 0 aliphatic rings. The standard InChI is InChI=1S/C36H57NO/c1-3-5-7-9-11-12-13-14-15-16-17-19-21-31-38-36-29-25-34(26-30-36)32-37-35-27-23-33(24-28-35)22-20-18-10-8-6-4-2/h23-30,32H,3-22,31H2,1-2H3. The summed E-state index contributed by atoms with van der Waals surface area (Å²) in [5, 5.41) is 0. The molecular formula is C36H57NO. The quantitative estimate of drug-likeness (QED) is 0.0998. The molecule has 0 N–H and O–H groups in total. The lowest BCUT2D eigenvalue weighted by atomic mass is 10.0. The fourth-order valence-corrected chi connectivity index (χ4v) is 4.97. The molecule has 0 spiro atoms. The van der Waals surface area contributed by atoms with Crippen LogP contribution in [0.4, 0.5) is 5.69 Å². The number of nitrogens with zero attached hydrogens (tertiary/aromatic N) is 1. The van der Waals surface area contributed by atoms with Crippen LogP contribution in [-0.2, 0) is 6.42 Å². The van der Waals surface area contributed by atoms with Crippen LogP contribution in [0.25, 0.3) is 0 Å². The van der Waals surface area contributed by atoms with Crippen LogP contribution < -0.4 is 4.74 Å². The molecule has 212 valence electrons. The minimum absolute atomic E-state index is 0.816. The highest BCUT2D eigenvalue weighted by molar-refractivity contribution is 5.82. The zero-order valence-corrected chi connectivity index (χ0v) is 24.9. The molecule has 0 saturated carbocycles. The van der Waals surface area contributed by atoms with Gasteiger partial charge in [0.2, 0.25) is 0 Å². The van der Waals surface area contributed by atoms with Gasteiger partial charge in [0, 0.05) is 6.21 Å². The van der Waals surface area contributed by atoms with E-state index in [1.807, 2.05) is 6.21 Å². The first-order valence-corrected chi connectivity index (χ1v) is 16.2. The molecule has 0 amide bonds. The maximum absolute atomic E-state index is 5.95. The number of unbranched alkanes of at least 4 members (excludes halogenated alkanes) is 17. The topological polar surface area (TPSA) is 21.6 Å². The van der Waals surface area contributed by atoms with Gasteiger partial charge in [-0.05, 0) is 66.8 Å². The van der Waals surface area contributed by atoms with Gasteiger partial charge in [-0.25, -0.2) is 0 Å². The Hall–Kier alpha value is -2.09. The molecule has 2 heteroatoms. The zero-order chi connectivity index (χ0) is 26.9. The second-order valence-corrected chi connectivity index (χ2v) is 11.1. The third-order valence-electron chi connectivity index (χ3n) is 7.51. The number of benzene rings is 2. The molecule has 0 saturated heterocycles. The predicted molar refractivity (Wildman–Crippen MR) is 168 cm³/mol. The molecule has 0 fully saturated rings. The molecule has 2 aromatic carbocycles. The van der Waals surface area contributed by atoms with E-state index in [4.69, 9.17) is 4.74 Å². The van der Waals surface area contributed by atoms with Gasteiger partial charge in [-0.15, -0.1) is 0 Å². The third kappa shape index (κ3) is 16.7. The summed E-state index contributed by atoms with van der Waals surface area (Å²) in [5.41, 5.74) is 3.54. The van der Waals surface area contributed by atoms with Crippen LogP contribution in [0.15, 0.2) is 53.5 Å². The van der Waals surface area contributed by atoms with E-state index in [-0.39, 0.29) is 0 Å². The van der Waals surface area contributed by atoms with Crippen molar-refractivity contribution in [1.82, 2.24) is 0 Å². The van der Waals surface area contributed by atoms with E-state index in [2.05, 4.69) is 67.4 Å². The molecule has 0 heterocycles. The maximum Gasteiger partial charge on any atom is 0.119 e. The smallest absolute Gasteiger partial charge is 0.119 e. The largest absolute Gasteiger partial charge is 0.494 e. The van der Waals surface area contributed by atoms with Gasteiger partial charge < -0.3 is 4.74 Å². The molecular weight excluding hydrogens is 462 g/mol. The van der Waals surface area contributed by atoms with Gasteiger partial charge in [0.1, 0.15) is 5.75 Å². The van der Waals surface area contributed by atoms with Crippen LogP contribution in [0, 0.1) is 0 Å². The van der Waals surface area contributed by atoms with Crippen LogP contribution in [0.3, 0.4) is 0 Å². The Kier molecular flexibility index (Phi) is 19.3. The second-order valence-electron chi connectivity index (χ2n) is 11.1. The normalized spacial score (nSPS) is 11.4. The van der Waals surface area contributed by atoms with Crippen molar-refractivity contribution < 1.29 is 4.74 Å². The van der Waals surface area contributed by atoms with Gasteiger partial charge in [-0.2, -0.15) is 0 Å². The van der Waals surface area contributed by atoms with Crippen molar-refractivity contribution in [3.05, 3.63) is 59.7 Å².